The Morgan fingerprint density at radius 3 is 2.88 bits per heavy atom. The summed E-state index contributed by atoms with van der Waals surface area (Å²) in [6, 6.07) is 5.17. The molecule has 0 heterocycles. The maximum atomic E-state index is 10.6. The molecule has 2 nitrogen and oxygen atoms in total. The summed E-state index contributed by atoms with van der Waals surface area (Å²) in [5.41, 5.74) is 0.583. The largest absolute Gasteiger partial charge is 0.489 e. The number of carbonyl (C=O) groups is 1. The predicted octanol–water partition coefficient (Wildman–Crippen LogP) is 4.11. The van der Waals surface area contributed by atoms with E-state index in [1.165, 1.54) is 12.8 Å². The minimum Gasteiger partial charge on any atom is -0.489 e. The molecular weight excluding hydrogens is 236 g/mol. The summed E-state index contributed by atoms with van der Waals surface area (Å²) < 4.78 is 5.91. The first-order chi connectivity index (χ1) is 8.19. The fourth-order valence-electron chi connectivity index (χ4n) is 2.35. The molecule has 0 N–H and O–H groups in total. The van der Waals surface area contributed by atoms with Crippen LogP contribution < -0.4 is 4.74 Å². The van der Waals surface area contributed by atoms with Crippen molar-refractivity contribution in [2.24, 2.45) is 5.92 Å². The number of carbonyl (C=O) groups excluding carboxylic acids is 1. The Morgan fingerprint density at radius 1 is 1.41 bits per heavy atom. The highest BCUT2D eigenvalue weighted by Crippen LogP contribution is 2.31. The molecular formula is C14H17ClO2. The summed E-state index contributed by atoms with van der Waals surface area (Å²) in [4.78, 5) is 10.6. The van der Waals surface area contributed by atoms with Crippen molar-refractivity contribution in [3.63, 3.8) is 0 Å². The number of hydrogen-bond donors (Lipinski definition) is 0. The fourth-order valence-corrected chi connectivity index (χ4v) is 2.58. The number of halogens is 1. The first kappa shape index (κ1) is 12.4. The molecule has 0 bridgehead atoms. The van der Waals surface area contributed by atoms with Crippen molar-refractivity contribution in [3.05, 3.63) is 28.8 Å². The number of rotatable bonds is 3. The van der Waals surface area contributed by atoms with E-state index in [9.17, 15) is 4.79 Å². The summed E-state index contributed by atoms with van der Waals surface area (Å²) in [5.74, 6) is 1.41. The third-order valence-electron chi connectivity index (χ3n) is 3.27. The van der Waals surface area contributed by atoms with E-state index in [0.717, 1.165) is 25.0 Å². The molecule has 0 aliphatic heterocycles. The van der Waals surface area contributed by atoms with Crippen molar-refractivity contribution >= 4 is 17.9 Å². The van der Waals surface area contributed by atoms with Crippen molar-refractivity contribution in [3.8, 4) is 5.75 Å². The zero-order valence-electron chi connectivity index (χ0n) is 9.99. The molecule has 3 heteroatoms. The fraction of sp³-hybridized carbons (Fsp3) is 0.500. The van der Waals surface area contributed by atoms with E-state index in [1.807, 2.05) is 0 Å². The van der Waals surface area contributed by atoms with Gasteiger partial charge in [0.05, 0.1) is 11.1 Å². The smallest absolute Gasteiger partial charge is 0.150 e. The topological polar surface area (TPSA) is 26.3 Å². The van der Waals surface area contributed by atoms with E-state index in [-0.39, 0.29) is 6.10 Å². The first-order valence-electron chi connectivity index (χ1n) is 6.10. The van der Waals surface area contributed by atoms with E-state index in [1.54, 1.807) is 18.2 Å². The van der Waals surface area contributed by atoms with Gasteiger partial charge in [0.15, 0.2) is 0 Å². The number of aldehydes is 1. The number of benzene rings is 1. The quantitative estimate of drug-likeness (QED) is 0.757. The minimum atomic E-state index is 0.262. The summed E-state index contributed by atoms with van der Waals surface area (Å²) in [5, 5.41) is 0.521. The van der Waals surface area contributed by atoms with Gasteiger partial charge < -0.3 is 4.74 Å². The molecule has 17 heavy (non-hydrogen) atoms. The zero-order valence-corrected chi connectivity index (χ0v) is 10.7. The maximum absolute atomic E-state index is 10.6. The van der Waals surface area contributed by atoms with Crippen LogP contribution in [0.2, 0.25) is 5.02 Å². The van der Waals surface area contributed by atoms with Gasteiger partial charge in [0, 0.05) is 5.56 Å². The molecule has 1 aromatic rings. The number of ether oxygens (including phenoxy) is 1. The second-order valence-electron chi connectivity index (χ2n) is 4.82. The second kappa shape index (κ2) is 5.54. The van der Waals surface area contributed by atoms with Gasteiger partial charge in [0.2, 0.25) is 0 Å². The molecule has 1 saturated carbocycles. The van der Waals surface area contributed by atoms with Crippen molar-refractivity contribution in [1.82, 2.24) is 0 Å². The van der Waals surface area contributed by atoms with Gasteiger partial charge >= 0.3 is 0 Å². The van der Waals surface area contributed by atoms with Gasteiger partial charge in [-0.05, 0) is 43.4 Å². The molecule has 0 saturated heterocycles. The Labute approximate surface area is 107 Å². The van der Waals surface area contributed by atoms with Crippen LogP contribution in [0.25, 0.3) is 0 Å². The molecule has 0 spiro atoms. The van der Waals surface area contributed by atoms with Gasteiger partial charge in [-0.1, -0.05) is 24.9 Å². The highest BCUT2D eigenvalue weighted by atomic mass is 35.5. The van der Waals surface area contributed by atoms with Crippen LogP contribution in [0.4, 0.5) is 0 Å². The van der Waals surface area contributed by atoms with Gasteiger partial charge in [0.1, 0.15) is 12.0 Å². The monoisotopic (exact) mass is 252 g/mol. The van der Waals surface area contributed by atoms with Crippen LogP contribution in [0, 0.1) is 5.92 Å². The zero-order chi connectivity index (χ0) is 12.3. The normalized spacial score (nSPS) is 24.4. The Hall–Kier alpha value is -1.02. The van der Waals surface area contributed by atoms with Gasteiger partial charge in [0.25, 0.3) is 0 Å². The minimum absolute atomic E-state index is 0.262. The van der Waals surface area contributed by atoms with Gasteiger partial charge in [-0.25, -0.2) is 0 Å². The molecule has 92 valence electrons. The van der Waals surface area contributed by atoms with Crippen LogP contribution in [-0.2, 0) is 0 Å². The average molecular weight is 253 g/mol. The van der Waals surface area contributed by atoms with Crippen molar-refractivity contribution in [2.45, 2.75) is 38.7 Å². The molecule has 0 aromatic heterocycles. The van der Waals surface area contributed by atoms with Crippen molar-refractivity contribution in [2.75, 3.05) is 0 Å². The molecule has 2 rings (SSSR count). The van der Waals surface area contributed by atoms with Gasteiger partial charge in [-0.3, -0.25) is 4.79 Å². The molecule has 2 atom stereocenters. The SMILES string of the molecule is CC1CCCC(Oc2ccc(C=O)cc2Cl)C1. The molecule has 1 aliphatic rings. The van der Waals surface area contributed by atoms with Crippen LogP contribution in [0.15, 0.2) is 18.2 Å². The first-order valence-corrected chi connectivity index (χ1v) is 6.48. The molecule has 1 aromatic carbocycles. The van der Waals surface area contributed by atoms with Crippen LogP contribution in [0.5, 0.6) is 5.75 Å². The maximum Gasteiger partial charge on any atom is 0.150 e. The second-order valence-corrected chi connectivity index (χ2v) is 5.23. The highest BCUT2D eigenvalue weighted by Gasteiger charge is 2.20. The number of hydrogen-bond acceptors (Lipinski definition) is 2. The highest BCUT2D eigenvalue weighted by molar-refractivity contribution is 6.32. The Bertz CT molecular complexity index is 403. The predicted molar refractivity (Wildman–Crippen MR) is 68.9 cm³/mol. The Morgan fingerprint density at radius 2 is 2.24 bits per heavy atom. The molecule has 1 fully saturated rings. The van der Waals surface area contributed by atoms with Gasteiger partial charge in [-0.15, -0.1) is 0 Å². The van der Waals surface area contributed by atoms with E-state index >= 15 is 0 Å². The standard InChI is InChI=1S/C14H17ClO2/c1-10-3-2-4-12(7-10)17-14-6-5-11(9-16)8-13(14)15/h5-6,8-10,12H,2-4,7H2,1H3. The summed E-state index contributed by atoms with van der Waals surface area (Å²) in [6.45, 7) is 2.26. The average Bonchev–Trinajstić information content (AvgIpc) is 2.32. The molecule has 0 amide bonds. The third-order valence-corrected chi connectivity index (χ3v) is 3.57. The molecule has 2 unspecified atom stereocenters. The van der Waals surface area contributed by atoms with Crippen molar-refractivity contribution in [1.29, 1.82) is 0 Å². The van der Waals surface area contributed by atoms with Crippen molar-refractivity contribution < 1.29 is 9.53 Å². The lowest BCUT2D eigenvalue weighted by molar-refractivity contribution is 0.112. The van der Waals surface area contributed by atoms with E-state index < -0.39 is 0 Å². The van der Waals surface area contributed by atoms with E-state index in [2.05, 4.69) is 6.92 Å². The van der Waals surface area contributed by atoms with Crippen LogP contribution in [-0.4, -0.2) is 12.4 Å². The lowest BCUT2D eigenvalue weighted by Crippen LogP contribution is -2.24. The van der Waals surface area contributed by atoms with E-state index in [4.69, 9.17) is 16.3 Å². The molecule has 1 aliphatic carbocycles. The Kier molecular flexibility index (Phi) is 4.06. The van der Waals surface area contributed by atoms with Gasteiger partial charge in [-0.2, -0.15) is 0 Å². The summed E-state index contributed by atoms with van der Waals surface area (Å²) in [7, 11) is 0. The van der Waals surface area contributed by atoms with Crippen LogP contribution in [0.3, 0.4) is 0 Å². The van der Waals surface area contributed by atoms with Crippen LogP contribution >= 0.6 is 11.6 Å². The third kappa shape index (κ3) is 3.22. The Balaban J connectivity index is 2.05. The molecule has 0 radical (unpaired) electrons. The van der Waals surface area contributed by atoms with Crippen LogP contribution in [0.1, 0.15) is 43.0 Å². The summed E-state index contributed by atoms with van der Waals surface area (Å²) in [6.07, 6.45) is 5.74. The lowest BCUT2D eigenvalue weighted by Gasteiger charge is -2.27. The van der Waals surface area contributed by atoms with E-state index in [0.29, 0.717) is 16.3 Å². The summed E-state index contributed by atoms with van der Waals surface area (Å²) >= 11 is 6.08. The lowest BCUT2D eigenvalue weighted by atomic mass is 9.89.